The molecule has 7 heteroatoms. The van der Waals surface area contributed by atoms with E-state index in [1.807, 2.05) is 0 Å². The lowest BCUT2D eigenvalue weighted by Gasteiger charge is -2.11. The number of halogens is 1. The molecule has 1 N–H and O–H groups in total. The molecule has 1 aromatic heterocycles. The second-order valence-corrected chi connectivity index (χ2v) is 4.23. The Bertz CT molecular complexity index is 421. The lowest BCUT2D eigenvalue weighted by Crippen LogP contribution is -2.19. The zero-order valence-electron chi connectivity index (χ0n) is 9.06. The normalized spacial score (nSPS) is 19.2. The summed E-state index contributed by atoms with van der Waals surface area (Å²) in [6, 6.07) is 1.28. The van der Waals surface area contributed by atoms with E-state index in [4.69, 9.17) is 16.3 Å². The van der Waals surface area contributed by atoms with E-state index in [1.54, 1.807) is 0 Å². The number of ether oxygens (including phenoxy) is 1. The quantitative estimate of drug-likeness (QED) is 0.661. The molecule has 1 unspecified atom stereocenters. The van der Waals surface area contributed by atoms with Gasteiger partial charge in [0.1, 0.15) is 0 Å². The lowest BCUT2D eigenvalue weighted by molar-refractivity contribution is -0.384. The summed E-state index contributed by atoms with van der Waals surface area (Å²) in [5.74, 6) is 0.231. The van der Waals surface area contributed by atoms with Crippen LogP contribution in [0.5, 0.6) is 0 Å². The molecule has 1 atom stereocenters. The number of nitrogens with zero attached hydrogens (tertiary/aromatic N) is 2. The Kier molecular flexibility index (Phi) is 3.75. The van der Waals surface area contributed by atoms with Crippen LogP contribution >= 0.6 is 11.6 Å². The van der Waals surface area contributed by atoms with E-state index in [2.05, 4.69) is 10.3 Å². The molecular formula is C10H12ClN3O3. The molecule has 92 valence electrons. The molecule has 1 aliphatic heterocycles. The predicted molar refractivity (Wildman–Crippen MR) is 63.4 cm³/mol. The van der Waals surface area contributed by atoms with Gasteiger partial charge in [-0.3, -0.25) is 10.1 Å². The van der Waals surface area contributed by atoms with Crippen molar-refractivity contribution in [2.24, 2.45) is 0 Å². The van der Waals surface area contributed by atoms with Crippen LogP contribution in [-0.4, -0.2) is 29.2 Å². The lowest BCUT2D eigenvalue weighted by atomic mass is 10.2. The number of nitrogens with one attached hydrogen (secondary N) is 1. The van der Waals surface area contributed by atoms with Crippen LogP contribution in [0.4, 0.5) is 11.5 Å². The summed E-state index contributed by atoms with van der Waals surface area (Å²) in [7, 11) is 0. The summed E-state index contributed by atoms with van der Waals surface area (Å²) in [5.41, 5.74) is -0.115. The number of nitro groups is 1. The van der Waals surface area contributed by atoms with Gasteiger partial charge in [0, 0.05) is 25.4 Å². The van der Waals surface area contributed by atoms with E-state index in [1.165, 1.54) is 12.3 Å². The molecule has 0 amide bonds. The van der Waals surface area contributed by atoms with E-state index >= 15 is 0 Å². The molecule has 2 heterocycles. The Hall–Kier alpha value is -1.40. The minimum atomic E-state index is -0.503. The maximum Gasteiger partial charge on any atom is 0.312 e. The summed E-state index contributed by atoms with van der Waals surface area (Å²) < 4.78 is 5.41. The molecule has 0 saturated carbocycles. The SMILES string of the molecule is O=[N+]([O-])c1cc(Cl)cnc1NCC1CCCO1. The molecule has 1 aliphatic rings. The molecule has 6 nitrogen and oxygen atoms in total. The first-order chi connectivity index (χ1) is 8.16. The average Bonchev–Trinajstić information content (AvgIpc) is 2.80. The molecule has 1 fully saturated rings. The third kappa shape index (κ3) is 3.04. The topological polar surface area (TPSA) is 77.3 Å². The first-order valence-electron chi connectivity index (χ1n) is 5.32. The van der Waals surface area contributed by atoms with Crippen molar-refractivity contribution < 1.29 is 9.66 Å². The van der Waals surface area contributed by atoms with Crippen molar-refractivity contribution in [2.45, 2.75) is 18.9 Å². The highest BCUT2D eigenvalue weighted by atomic mass is 35.5. The number of rotatable bonds is 4. The molecular weight excluding hydrogens is 246 g/mol. The highest BCUT2D eigenvalue weighted by Crippen LogP contribution is 2.25. The van der Waals surface area contributed by atoms with Crippen LogP contribution in [0, 0.1) is 10.1 Å². The fourth-order valence-corrected chi connectivity index (χ4v) is 1.87. The van der Waals surface area contributed by atoms with E-state index in [-0.39, 0.29) is 22.6 Å². The highest BCUT2D eigenvalue weighted by Gasteiger charge is 2.19. The Balaban J connectivity index is 2.06. The third-order valence-electron chi connectivity index (χ3n) is 2.55. The summed E-state index contributed by atoms with van der Waals surface area (Å²) in [4.78, 5) is 14.2. The third-order valence-corrected chi connectivity index (χ3v) is 2.76. The smallest absolute Gasteiger partial charge is 0.312 e. The second kappa shape index (κ2) is 5.29. The Labute approximate surface area is 103 Å². The second-order valence-electron chi connectivity index (χ2n) is 3.79. The fraction of sp³-hybridized carbons (Fsp3) is 0.500. The largest absolute Gasteiger partial charge is 0.376 e. The molecule has 0 bridgehead atoms. The number of hydrogen-bond acceptors (Lipinski definition) is 5. The molecule has 1 aromatic rings. The van der Waals surface area contributed by atoms with Gasteiger partial charge in [0.2, 0.25) is 5.82 Å². The number of aromatic nitrogens is 1. The van der Waals surface area contributed by atoms with Gasteiger partial charge in [-0.25, -0.2) is 4.98 Å². The molecule has 0 aromatic carbocycles. The first-order valence-corrected chi connectivity index (χ1v) is 5.70. The maximum atomic E-state index is 10.8. The van der Waals surface area contributed by atoms with Crippen LogP contribution in [0.25, 0.3) is 0 Å². The maximum absolute atomic E-state index is 10.8. The zero-order chi connectivity index (χ0) is 12.3. The zero-order valence-corrected chi connectivity index (χ0v) is 9.81. The van der Waals surface area contributed by atoms with Gasteiger partial charge >= 0.3 is 5.69 Å². The molecule has 2 rings (SSSR count). The monoisotopic (exact) mass is 257 g/mol. The van der Waals surface area contributed by atoms with Crippen molar-refractivity contribution in [3.8, 4) is 0 Å². The van der Waals surface area contributed by atoms with Crippen LogP contribution < -0.4 is 5.32 Å². The van der Waals surface area contributed by atoms with Crippen LogP contribution in [0.2, 0.25) is 5.02 Å². The van der Waals surface area contributed by atoms with Gasteiger partial charge in [-0.05, 0) is 12.8 Å². The van der Waals surface area contributed by atoms with Gasteiger partial charge in [0.05, 0.1) is 16.0 Å². The number of pyridine rings is 1. The van der Waals surface area contributed by atoms with Gasteiger partial charge in [-0.1, -0.05) is 11.6 Å². The summed E-state index contributed by atoms with van der Waals surface area (Å²) in [5, 5.41) is 14.0. The Morgan fingerprint density at radius 3 is 3.18 bits per heavy atom. The standard InChI is InChI=1S/C10H12ClN3O3/c11-7-4-9(14(15)16)10(12-5-7)13-6-8-2-1-3-17-8/h4-5,8H,1-3,6H2,(H,12,13). The van der Waals surface area contributed by atoms with E-state index < -0.39 is 4.92 Å². The van der Waals surface area contributed by atoms with E-state index in [0.29, 0.717) is 6.54 Å². The van der Waals surface area contributed by atoms with E-state index in [9.17, 15) is 10.1 Å². The van der Waals surface area contributed by atoms with Crippen molar-refractivity contribution in [1.29, 1.82) is 0 Å². The van der Waals surface area contributed by atoms with Gasteiger partial charge in [-0.2, -0.15) is 0 Å². The molecule has 0 aliphatic carbocycles. The van der Waals surface area contributed by atoms with Crippen molar-refractivity contribution in [3.63, 3.8) is 0 Å². The number of anilines is 1. The number of hydrogen-bond donors (Lipinski definition) is 1. The van der Waals surface area contributed by atoms with Gasteiger partial charge in [0.15, 0.2) is 0 Å². The van der Waals surface area contributed by atoms with Crippen molar-refractivity contribution in [3.05, 3.63) is 27.4 Å². The van der Waals surface area contributed by atoms with Gasteiger partial charge in [-0.15, -0.1) is 0 Å². The highest BCUT2D eigenvalue weighted by molar-refractivity contribution is 6.30. The molecule has 0 radical (unpaired) electrons. The Morgan fingerprint density at radius 1 is 1.71 bits per heavy atom. The molecule has 0 spiro atoms. The van der Waals surface area contributed by atoms with Crippen molar-refractivity contribution in [2.75, 3.05) is 18.5 Å². The minimum Gasteiger partial charge on any atom is -0.376 e. The summed E-state index contributed by atoms with van der Waals surface area (Å²) >= 11 is 5.67. The Morgan fingerprint density at radius 2 is 2.53 bits per heavy atom. The minimum absolute atomic E-state index is 0.104. The summed E-state index contributed by atoms with van der Waals surface area (Å²) in [6.45, 7) is 1.28. The van der Waals surface area contributed by atoms with Crippen LogP contribution in [0.1, 0.15) is 12.8 Å². The van der Waals surface area contributed by atoms with Crippen LogP contribution in [-0.2, 0) is 4.74 Å². The van der Waals surface area contributed by atoms with Gasteiger partial charge < -0.3 is 10.1 Å². The molecule has 1 saturated heterocycles. The first kappa shape index (κ1) is 12.1. The van der Waals surface area contributed by atoms with E-state index in [0.717, 1.165) is 19.4 Å². The van der Waals surface area contributed by atoms with Gasteiger partial charge in [0.25, 0.3) is 0 Å². The predicted octanol–water partition coefficient (Wildman–Crippen LogP) is 2.23. The fourth-order valence-electron chi connectivity index (χ4n) is 1.72. The van der Waals surface area contributed by atoms with Crippen molar-refractivity contribution >= 4 is 23.1 Å². The van der Waals surface area contributed by atoms with Crippen LogP contribution in [0.3, 0.4) is 0 Å². The van der Waals surface area contributed by atoms with Crippen molar-refractivity contribution in [1.82, 2.24) is 4.98 Å². The average molecular weight is 258 g/mol. The summed E-state index contributed by atoms with van der Waals surface area (Å²) in [6.07, 6.45) is 3.48. The molecule has 17 heavy (non-hydrogen) atoms. The van der Waals surface area contributed by atoms with Crippen LogP contribution in [0.15, 0.2) is 12.3 Å².